The number of hydrogen-bond donors (Lipinski definition) is 0. The second-order valence-corrected chi connectivity index (χ2v) is 8.70. The molecule has 2 heterocycles. The van der Waals surface area contributed by atoms with Gasteiger partial charge in [-0.2, -0.15) is 0 Å². The van der Waals surface area contributed by atoms with Crippen molar-refractivity contribution in [2.45, 2.75) is 45.3 Å². The largest absolute Gasteiger partial charge is 0.444 e. The van der Waals surface area contributed by atoms with Gasteiger partial charge in [-0.3, -0.25) is 14.3 Å². The molecule has 0 radical (unpaired) electrons. The normalized spacial score (nSPS) is 16.6. The number of aromatic nitrogens is 2. The first-order valence-electron chi connectivity index (χ1n) is 10.2. The van der Waals surface area contributed by atoms with Crippen molar-refractivity contribution in [1.29, 1.82) is 0 Å². The number of ether oxygens (including phenoxy) is 1. The maximum Gasteiger partial charge on any atom is 0.410 e. The second kappa shape index (κ2) is 7.96. The van der Waals surface area contributed by atoms with Gasteiger partial charge in [-0.1, -0.05) is 6.07 Å². The zero-order valence-electron chi connectivity index (χ0n) is 17.9. The van der Waals surface area contributed by atoms with Crippen LogP contribution in [0.3, 0.4) is 0 Å². The van der Waals surface area contributed by atoms with Crippen LogP contribution in [0.1, 0.15) is 45.5 Å². The van der Waals surface area contributed by atoms with Gasteiger partial charge >= 0.3 is 6.09 Å². The van der Waals surface area contributed by atoms with Crippen LogP contribution in [-0.2, 0) is 4.74 Å². The minimum Gasteiger partial charge on any atom is -0.444 e. The molecule has 1 atom stereocenters. The highest BCUT2D eigenvalue weighted by Gasteiger charge is 2.36. The zero-order valence-corrected chi connectivity index (χ0v) is 17.9. The molecule has 0 saturated carbocycles. The maximum absolute atomic E-state index is 14.5. The van der Waals surface area contributed by atoms with Gasteiger partial charge < -0.3 is 4.74 Å². The van der Waals surface area contributed by atoms with Crippen LogP contribution in [0.15, 0.2) is 41.2 Å². The molecular formula is C23H22F3N3O3. The Labute approximate surface area is 182 Å². The van der Waals surface area contributed by atoms with E-state index in [9.17, 15) is 22.8 Å². The van der Waals surface area contributed by atoms with Gasteiger partial charge in [0, 0.05) is 12.6 Å². The molecule has 1 fully saturated rings. The third kappa shape index (κ3) is 4.06. The molecule has 2 aromatic carbocycles. The molecule has 1 aromatic heterocycles. The Bertz CT molecular complexity index is 1250. The lowest BCUT2D eigenvalue weighted by molar-refractivity contribution is 0.0216. The molecule has 1 saturated heterocycles. The molecule has 0 spiro atoms. The molecule has 3 aromatic rings. The Morgan fingerprint density at radius 2 is 1.81 bits per heavy atom. The van der Waals surface area contributed by atoms with Crippen LogP contribution in [0.25, 0.3) is 16.6 Å². The topological polar surface area (TPSA) is 64.4 Å². The summed E-state index contributed by atoms with van der Waals surface area (Å²) in [4.78, 5) is 32.1. The van der Waals surface area contributed by atoms with Gasteiger partial charge in [-0.15, -0.1) is 0 Å². The first kappa shape index (κ1) is 21.9. The van der Waals surface area contributed by atoms with Crippen molar-refractivity contribution in [2.24, 2.45) is 0 Å². The molecule has 6 nitrogen and oxygen atoms in total. The van der Waals surface area contributed by atoms with Gasteiger partial charge in [0.15, 0.2) is 0 Å². The maximum atomic E-state index is 14.5. The Morgan fingerprint density at radius 1 is 1.12 bits per heavy atom. The Hall–Kier alpha value is -3.36. The van der Waals surface area contributed by atoms with Gasteiger partial charge in [-0.25, -0.2) is 22.9 Å². The van der Waals surface area contributed by atoms with Crippen molar-refractivity contribution >= 4 is 17.0 Å². The molecule has 0 unspecified atom stereocenters. The summed E-state index contributed by atoms with van der Waals surface area (Å²) in [5, 5.41) is -0.303. The van der Waals surface area contributed by atoms with E-state index >= 15 is 0 Å². The minimum absolute atomic E-state index is 0.0847. The van der Waals surface area contributed by atoms with Gasteiger partial charge in [-0.05, 0) is 57.9 Å². The molecule has 9 heteroatoms. The summed E-state index contributed by atoms with van der Waals surface area (Å²) in [6.07, 6.45) is 0.466. The van der Waals surface area contributed by atoms with Crippen LogP contribution in [0.5, 0.6) is 0 Å². The van der Waals surface area contributed by atoms with E-state index in [4.69, 9.17) is 4.74 Å². The van der Waals surface area contributed by atoms with E-state index in [1.807, 2.05) is 0 Å². The van der Waals surface area contributed by atoms with E-state index in [1.165, 1.54) is 17.0 Å². The summed E-state index contributed by atoms with van der Waals surface area (Å²) in [6.45, 7) is 5.56. The number of amides is 1. The second-order valence-electron chi connectivity index (χ2n) is 8.70. The lowest BCUT2D eigenvalue weighted by Crippen LogP contribution is -2.38. The number of hydrogen-bond acceptors (Lipinski definition) is 4. The predicted molar refractivity (Wildman–Crippen MR) is 112 cm³/mol. The monoisotopic (exact) mass is 445 g/mol. The van der Waals surface area contributed by atoms with Crippen molar-refractivity contribution < 1.29 is 22.7 Å². The fraction of sp³-hybridized carbons (Fsp3) is 0.348. The summed E-state index contributed by atoms with van der Waals surface area (Å²) in [6, 6.07) is 5.92. The summed E-state index contributed by atoms with van der Waals surface area (Å²) in [5.74, 6) is -2.52. The van der Waals surface area contributed by atoms with Crippen molar-refractivity contribution in [2.75, 3.05) is 6.54 Å². The lowest BCUT2D eigenvalue weighted by atomic mass is 10.1. The number of carbonyl (C=O) groups is 1. The van der Waals surface area contributed by atoms with E-state index in [1.54, 1.807) is 20.8 Å². The quantitative estimate of drug-likeness (QED) is 0.564. The molecular weight excluding hydrogens is 423 g/mol. The number of rotatable bonds is 2. The number of fused-ring (bicyclic) bond motifs is 1. The van der Waals surface area contributed by atoms with Crippen molar-refractivity contribution in [3.8, 4) is 5.69 Å². The van der Waals surface area contributed by atoms with Crippen LogP contribution in [0.4, 0.5) is 18.0 Å². The van der Waals surface area contributed by atoms with Crippen molar-refractivity contribution in [3.63, 3.8) is 0 Å². The Morgan fingerprint density at radius 3 is 2.47 bits per heavy atom. The highest BCUT2D eigenvalue weighted by Crippen LogP contribution is 2.34. The van der Waals surface area contributed by atoms with Gasteiger partial charge in [0.2, 0.25) is 0 Å². The third-order valence-electron chi connectivity index (χ3n) is 5.16. The first-order chi connectivity index (χ1) is 15.0. The van der Waals surface area contributed by atoms with Crippen LogP contribution in [-0.4, -0.2) is 32.7 Å². The summed E-state index contributed by atoms with van der Waals surface area (Å²) >= 11 is 0. The highest BCUT2D eigenvalue weighted by atomic mass is 19.1. The fourth-order valence-electron chi connectivity index (χ4n) is 3.92. The molecule has 0 N–H and O–H groups in total. The van der Waals surface area contributed by atoms with Crippen molar-refractivity contribution in [1.82, 2.24) is 14.5 Å². The summed E-state index contributed by atoms with van der Waals surface area (Å²) < 4.78 is 49.0. The van der Waals surface area contributed by atoms with E-state index in [2.05, 4.69) is 4.98 Å². The Balaban J connectivity index is 1.96. The van der Waals surface area contributed by atoms with E-state index in [-0.39, 0.29) is 22.4 Å². The number of benzene rings is 2. The standard InChI is InChI=1S/C23H22F3N3O3/c1-23(2,3)32-22(31)28-9-5-8-18(28)20-27-17-7-4-6-16(26)19(17)21(30)29(20)15-11-13(24)10-14(25)12-15/h4,6-7,10-12,18H,5,8-9H2,1-3H3/t18-/m0/s1. The van der Waals surface area contributed by atoms with E-state index < -0.39 is 40.7 Å². The van der Waals surface area contributed by atoms with Crippen molar-refractivity contribution in [3.05, 3.63) is 70.0 Å². The molecule has 1 aliphatic heterocycles. The molecule has 0 bridgehead atoms. The Kier molecular flexibility index (Phi) is 5.44. The number of carbonyl (C=O) groups excluding carboxylic acids is 1. The van der Waals surface area contributed by atoms with Crippen LogP contribution in [0.2, 0.25) is 0 Å². The first-order valence-corrected chi connectivity index (χ1v) is 10.2. The average Bonchev–Trinajstić information content (AvgIpc) is 3.15. The van der Waals surface area contributed by atoms with Gasteiger partial charge in [0.05, 0.1) is 17.2 Å². The molecule has 32 heavy (non-hydrogen) atoms. The van der Waals surface area contributed by atoms with E-state index in [0.717, 1.165) is 22.8 Å². The molecule has 1 amide bonds. The highest BCUT2D eigenvalue weighted by molar-refractivity contribution is 5.79. The smallest absolute Gasteiger partial charge is 0.410 e. The predicted octanol–water partition coefficient (Wildman–Crippen LogP) is 4.88. The van der Waals surface area contributed by atoms with Gasteiger partial charge in [0.1, 0.15) is 34.3 Å². The SMILES string of the molecule is CC(C)(C)OC(=O)N1CCC[C@H]1c1nc2cccc(F)c2c(=O)n1-c1cc(F)cc(F)c1. The summed E-state index contributed by atoms with van der Waals surface area (Å²) in [5.41, 5.74) is -1.61. The van der Waals surface area contributed by atoms with Crippen LogP contribution in [0, 0.1) is 17.5 Å². The summed E-state index contributed by atoms with van der Waals surface area (Å²) in [7, 11) is 0. The molecule has 168 valence electrons. The number of likely N-dealkylation sites (tertiary alicyclic amines) is 1. The fourth-order valence-corrected chi connectivity index (χ4v) is 3.92. The van der Waals surface area contributed by atoms with E-state index in [0.29, 0.717) is 25.5 Å². The average molecular weight is 445 g/mol. The van der Waals surface area contributed by atoms with Crippen LogP contribution < -0.4 is 5.56 Å². The number of nitrogens with zero attached hydrogens (tertiary/aromatic N) is 3. The minimum atomic E-state index is -0.901. The zero-order chi connectivity index (χ0) is 23.2. The molecule has 1 aliphatic rings. The van der Waals surface area contributed by atoms with Gasteiger partial charge in [0.25, 0.3) is 5.56 Å². The molecule has 0 aliphatic carbocycles. The third-order valence-corrected chi connectivity index (χ3v) is 5.16. The number of halogens is 3. The van der Waals surface area contributed by atoms with Crippen LogP contribution >= 0.6 is 0 Å². The molecule has 4 rings (SSSR count). The lowest BCUT2D eigenvalue weighted by Gasteiger charge is -2.29.